The molecule has 0 radical (unpaired) electrons. The van der Waals surface area contributed by atoms with Gasteiger partial charge in [0.25, 0.3) is 5.91 Å². The van der Waals surface area contributed by atoms with Crippen LogP contribution in [0.15, 0.2) is 42.6 Å². The standard InChI is InChI=1S/C16H16FN3O2/c17-12-3-1-11(2-4-12)16(21)20-13-5-6-14(19-9-13)15-10-18-7-8-22-15/h1-6,9,15,18H,7-8,10H2,(H,20,21)/t15-/m0/s1. The normalized spacial score (nSPS) is 18.0. The number of benzene rings is 1. The molecule has 0 saturated carbocycles. The molecule has 3 rings (SSSR count). The number of rotatable bonds is 3. The van der Waals surface area contributed by atoms with E-state index < -0.39 is 0 Å². The Balaban J connectivity index is 1.65. The van der Waals surface area contributed by atoms with E-state index in [9.17, 15) is 9.18 Å². The van der Waals surface area contributed by atoms with Crippen LogP contribution in [-0.2, 0) is 4.74 Å². The highest BCUT2D eigenvalue weighted by atomic mass is 19.1. The van der Waals surface area contributed by atoms with Gasteiger partial charge < -0.3 is 15.4 Å². The van der Waals surface area contributed by atoms with Crippen molar-refractivity contribution in [3.8, 4) is 0 Å². The molecule has 1 amide bonds. The molecule has 1 aliphatic rings. The number of halogens is 1. The fourth-order valence-electron chi connectivity index (χ4n) is 2.23. The fraction of sp³-hybridized carbons (Fsp3) is 0.250. The molecule has 0 spiro atoms. The molecule has 114 valence electrons. The smallest absolute Gasteiger partial charge is 0.255 e. The maximum Gasteiger partial charge on any atom is 0.255 e. The molecule has 2 heterocycles. The molecule has 1 fully saturated rings. The number of amides is 1. The molecule has 1 atom stereocenters. The molecule has 0 unspecified atom stereocenters. The van der Waals surface area contributed by atoms with E-state index in [4.69, 9.17) is 4.74 Å². The van der Waals surface area contributed by atoms with Crippen LogP contribution in [0.1, 0.15) is 22.2 Å². The van der Waals surface area contributed by atoms with E-state index in [1.54, 1.807) is 12.3 Å². The topological polar surface area (TPSA) is 63.2 Å². The third-order valence-corrected chi connectivity index (χ3v) is 3.41. The van der Waals surface area contributed by atoms with Crippen LogP contribution in [0.2, 0.25) is 0 Å². The molecule has 1 aliphatic heterocycles. The molecular weight excluding hydrogens is 285 g/mol. The highest BCUT2D eigenvalue weighted by Crippen LogP contribution is 2.18. The summed E-state index contributed by atoms with van der Waals surface area (Å²) in [4.78, 5) is 16.3. The first-order valence-corrected chi connectivity index (χ1v) is 7.07. The Morgan fingerprint density at radius 2 is 2.09 bits per heavy atom. The number of carbonyl (C=O) groups excluding carboxylic acids is 1. The van der Waals surface area contributed by atoms with Gasteiger partial charge in [-0.05, 0) is 36.4 Å². The number of carbonyl (C=O) groups is 1. The SMILES string of the molecule is O=C(Nc1ccc([C@@H]2CNCCO2)nc1)c1ccc(F)cc1. The zero-order valence-electron chi connectivity index (χ0n) is 11.9. The van der Waals surface area contributed by atoms with Gasteiger partial charge in [-0.3, -0.25) is 9.78 Å². The summed E-state index contributed by atoms with van der Waals surface area (Å²) in [7, 11) is 0. The van der Waals surface area contributed by atoms with Crippen LogP contribution < -0.4 is 10.6 Å². The van der Waals surface area contributed by atoms with E-state index >= 15 is 0 Å². The maximum atomic E-state index is 12.8. The minimum atomic E-state index is -0.372. The summed E-state index contributed by atoms with van der Waals surface area (Å²) in [5.41, 5.74) is 1.80. The molecule has 1 saturated heterocycles. The summed E-state index contributed by atoms with van der Waals surface area (Å²) in [6.07, 6.45) is 1.53. The lowest BCUT2D eigenvalue weighted by Gasteiger charge is -2.23. The summed E-state index contributed by atoms with van der Waals surface area (Å²) in [5, 5.41) is 5.97. The van der Waals surface area contributed by atoms with Crippen molar-refractivity contribution in [1.29, 1.82) is 0 Å². The van der Waals surface area contributed by atoms with Crippen LogP contribution >= 0.6 is 0 Å². The van der Waals surface area contributed by atoms with E-state index in [2.05, 4.69) is 15.6 Å². The number of hydrogen-bond acceptors (Lipinski definition) is 4. The number of morpholine rings is 1. The molecule has 0 aliphatic carbocycles. The molecule has 22 heavy (non-hydrogen) atoms. The van der Waals surface area contributed by atoms with Crippen LogP contribution in [-0.4, -0.2) is 30.6 Å². The van der Waals surface area contributed by atoms with Crippen LogP contribution in [0.3, 0.4) is 0 Å². The molecule has 0 bridgehead atoms. The van der Waals surface area contributed by atoms with Gasteiger partial charge >= 0.3 is 0 Å². The third kappa shape index (κ3) is 3.47. The number of hydrogen-bond donors (Lipinski definition) is 2. The lowest BCUT2D eigenvalue weighted by Crippen LogP contribution is -2.33. The second-order valence-corrected chi connectivity index (χ2v) is 5.00. The first kappa shape index (κ1) is 14.6. The van der Waals surface area contributed by atoms with Gasteiger partial charge in [0.15, 0.2) is 0 Å². The Morgan fingerprint density at radius 3 is 2.73 bits per heavy atom. The van der Waals surface area contributed by atoms with Crippen molar-refractivity contribution in [1.82, 2.24) is 10.3 Å². The van der Waals surface area contributed by atoms with Crippen molar-refractivity contribution in [2.75, 3.05) is 25.0 Å². The van der Waals surface area contributed by atoms with Crippen molar-refractivity contribution in [3.63, 3.8) is 0 Å². The average Bonchev–Trinajstić information content (AvgIpc) is 2.57. The summed E-state index contributed by atoms with van der Waals surface area (Å²) < 4.78 is 18.5. The lowest BCUT2D eigenvalue weighted by molar-refractivity contribution is 0.0250. The highest BCUT2D eigenvalue weighted by Gasteiger charge is 2.16. The minimum absolute atomic E-state index is 0.0596. The summed E-state index contributed by atoms with van der Waals surface area (Å²) in [6, 6.07) is 9.00. The number of aromatic nitrogens is 1. The van der Waals surface area contributed by atoms with E-state index in [0.29, 0.717) is 17.9 Å². The third-order valence-electron chi connectivity index (χ3n) is 3.41. The van der Waals surface area contributed by atoms with E-state index in [1.807, 2.05) is 6.07 Å². The van der Waals surface area contributed by atoms with Gasteiger partial charge in [-0.25, -0.2) is 4.39 Å². The van der Waals surface area contributed by atoms with Gasteiger partial charge in [0.2, 0.25) is 0 Å². The minimum Gasteiger partial charge on any atom is -0.369 e. The van der Waals surface area contributed by atoms with Crippen molar-refractivity contribution in [3.05, 3.63) is 59.7 Å². The van der Waals surface area contributed by atoms with Crippen molar-refractivity contribution >= 4 is 11.6 Å². The number of nitrogens with one attached hydrogen (secondary N) is 2. The molecule has 6 heteroatoms. The zero-order valence-corrected chi connectivity index (χ0v) is 11.9. The molecular formula is C16H16FN3O2. The predicted molar refractivity (Wildman–Crippen MR) is 80.2 cm³/mol. The fourth-order valence-corrected chi connectivity index (χ4v) is 2.23. The number of pyridine rings is 1. The van der Waals surface area contributed by atoms with Crippen LogP contribution in [0.25, 0.3) is 0 Å². The number of anilines is 1. The van der Waals surface area contributed by atoms with Crippen molar-refractivity contribution in [2.45, 2.75) is 6.10 Å². The quantitative estimate of drug-likeness (QED) is 0.911. The first-order valence-electron chi connectivity index (χ1n) is 7.07. The Hall–Kier alpha value is -2.31. The van der Waals surface area contributed by atoms with E-state index in [1.165, 1.54) is 24.3 Å². The first-order chi connectivity index (χ1) is 10.7. The molecule has 2 N–H and O–H groups in total. The van der Waals surface area contributed by atoms with E-state index in [0.717, 1.165) is 18.8 Å². The zero-order chi connectivity index (χ0) is 15.4. The largest absolute Gasteiger partial charge is 0.369 e. The van der Waals surface area contributed by atoms with Gasteiger partial charge in [0.05, 0.1) is 24.2 Å². The molecule has 2 aromatic rings. The number of nitrogens with zero attached hydrogens (tertiary/aromatic N) is 1. The highest BCUT2D eigenvalue weighted by molar-refractivity contribution is 6.04. The second-order valence-electron chi connectivity index (χ2n) is 5.00. The van der Waals surface area contributed by atoms with Gasteiger partial charge in [0.1, 0.15) is 11.9 Å². The predicted octanol–water partition coefficient (Wildman–Crippen LogP) is 2.13. The van der Waals surface area contributed by atoms with Crippen LogP contribution in [0.5, 0.6) is 0 Å². The summed E-state index contributed by atoms with van der Waals surface area (Å²) in [5.74, 6) is -0.672. The Bertz CT molecular complexity index is 637. The van der Waals surface area contributed by atoms with Gasteiger partial charge in [-0.15, -0.1) is 0 Å². The molecule has 1 aromatic heterocycles. The molecule has 5 nitrogen and oxygen atoms in total. The lowest BCUT2D eigenvalue weighted by atomic mass is 10.2. The van der Waals surface area contributed by atoms with E-state index in [-0.39, 0.29) is 17.8 Å². The van der Waals surface area contributed by atoms with Gasteiger partial charge in [-0.1, -0.05) is 0 Å². The Labute approximate surface area is 127 Å². The van der Waals surface area contributed by atoms with Crippen LogP contribution in [0.4, 0.5) is 10.1 Å². The van der Waals surface area contributed by atoms with Gasteiger partial charge in [-0.2, -0.15) is 0 Å². The monoisotopic (exact) mass is 301 g/mol. The van der Waals surface area contributed by atoms with Crippen LogP contribution in [0, 0.1) is 5.82 Å². The average molecular weight is 301 g/mol. The molecule has 1 aromatic carbocycles. The summed E-state index contributed by atoms with van der Waals surface area (Å²) in [6.45, 7) is 2.24. The second kappa shape index (κ2) is 6.64. The maximum absolute atomic E-state index is 12.8. The number of ether oxygens (including phenoxy) is 1. The summed E-state index contributed by atoms with van der Waals surface area (Å²) >= 11 is 0. The van der Waals surface area contributed by atoms with Crippen molar-refractivity contribution in [2.24, 2.45) is 0 Å². The Kier molecular flexibility index (Phi) is 4.41. The Morgan fingerprint density at radius 1 is 1.27 bits per heavy atom. The van der Waals surface area contributed by atoms with Crippen molar-refractivity contribution < 1.29 is 13.9 Å². The van der Waals surface area contributed by atoms with Gasteiger partial charge in [0, 0.05) is 18.7 Å².